The van der Waals surface area contributed by atoms with E-state index >= 15 is 0 Å². The molecule has 0 radical (unpaired) electrons. The van der Waals surface area contributed by atoms with E-state index in [0.717, 1.165) is 22.4 Å². The first-order chi connectivity index (χ1) is 25.8. The Balaban J connectivity index is 1.06. The Hall–Kier alpha value is -6.18. The lowest BCUT2D eigenvalue weighted by molar-refractivity contribution is 0.0852. The van der Waals surface area contributed by atoms with E-state index in [1.54, 1.807) is 61.9 Å². The van der Waals surface area contributed by atoms with Gasteiger partial charge in [0.2, 0.25) is 11.5 Å². The number of methoxy groups -OCH3 is 7. The number of nitrogens with zero attached hydrogens (tertiary/aromatic N) is 1. The molecular weight excluding hydrogens is 686 g/mol. The van der Waals surface area contributed by atoms with E-state index in [9.17, 15) is 4.79 Å². The normalized spacial score (nSPS) is 15.8. The van der Waals surface area contributed by atoms with Crippen molar-refractivity contribution in [1.29, 1.82) is 0 Å². The molecule has 0 bridgehead atoms. The first-order valence-electron chi connectivity index (χ1n) is 16.8. The molecule has 4 aromatic rings. The SMILES string of the molecule is COc1ccc2c(c1)C(=O)NC(c1ccc(OCCCOc3c(OC)cc(C4CC(c5cc(OC)c(OC)c(OC)c5)=NO4)cc3OC)c(OC)c1)N2. The zero-order valence-electron chi connectivity index (χ0n) is 30.7. The fraction of sp³-hybridized carbons (Fsp3) is 0.333. The molecule has 2 heterocycles. The maximum absolute atomic E-state index is 12.8. The van der Waals surface area contributed by atoms with Crippen LogP contribution >= 0.6 is 0 Å². The van der Waals surface area contributed by atoms with Crippen LogP contribution in [0, 0.1) is 0 Å². The van der Waals surface area contributed by atoms with Crippen molar-refractivity contribution in [2.24, 2.45) is 5.16 Å². The molecule has 0 aliphatic carbocycles. The van der Waals surface area contributed by atoms with Crippen LogP contribution in [0.1, 0.15) is 52.2 Å². The summed E-state index contributed by atoms with van der Waals surface area (Å²) in [6.07, 6.45) is 0.202. The van der Waals surface area contributed by atoms with Crippen molar-refractivity contribution in [2.45, 2.75) is 25.1 Å². The van der Waals surface area contributed by atoms with Gasteiger partial charge in [-0.15, -0.1) is 0 Å². The third-order valence-corrected chi connectivity index (χ3v) is 8.88. The van der Waals surface area contributed by atoms with Gasteiger partial charge in [0.25, 0.3) is 5.91 Å². The minimum absolute atomic E-state index is 0.202. The predicted molar refractivity (Wildman–Crippen MR) is 196 cm³/mol. The quantitative estimate of drug-likeness (QED) is 0.125. The number of nitrogens with one attached hydrogen (secondary N) is 2. The second-order valence-corrected chi connectivity index (χ2v) is 11.9. The molecule has 2 N–H and O–H groups in total. The molecule has 14 heteroatoms. The average molecular weight is 730 g/mol. The van der Waals surface area contributed by atoms with Gasteiger partial charge < -0.3 is 58.1 Å². The summed E-state index contributed by atoms with van der Waals surface area (Å²) in [4.78, 5) is 18.7. The number of oxime groups is 1. The highest BCUT2D eigenvalue weighted by Crippen LogP contribution is 2.44. The third kappa shape index (κ3) is 7.71. The van der Waals surface area contributed by atoms with E-state index in [4.69, 9.17) is 47.5 Å². The summed E-state index contributed by atoms with van der Waals surface area (Å²) in [5, 5.41) is 10.7. The number of hydrogen-bond acceptors (Lipinski definition) is 13. The van der Waals surface area contributed by atoms with Crippen LogP contribution in [0.25, 0.3) is 0 Å². The van der Waals surface area contributed by atoms with Gasteiger partial charge >= 0.3 is 0 Å². The predicted octanol–water partition coefficient (Wildman–Crippen LogP) is 6.31. The summed E-state index contributed by atoms with van der Waals surface area (Å²) >= 11 is 0. The van der Waals surface area contributed by atoms with E-state index in [-0.39, 0.29) is 12.0 Å². The minimum Gasteiger partial charge on any atom is -0.497 e. The lowest BCUT2D eigenvalue weighted by Crippen LogP contribution is -2.38. The number of ether oxygens (including phenoxy) is 9. The van der Waals surface area contributed by atoms with E-state index in [2.05, 4.69) is 15.8 Å². The maximum atomic E-state index is 12.8. The number of carbonyl (C=O) groups is 1. The van der Waals surface area contributed by atoms with Crippen LogP contribution in [0.2, 0.25) is 0 Å². The molecular formula is C39H43N3O11. The monoisotopic (exact) mass is 729 g/mol. The highest BCUT2D eigenvalue weighted by atomic mass is 16.6. The van der Waals surface area contributed by atoms with Crippen LogP contribution in [0.4, 0.5) is 5.69 Å². The summed E-state index contributed by atoms with van der Waals surface area (Å²) in [5.74, 6) is 4.50. The molecule has 2 aliphatic rings. The largest absolute Gasteiger partial charge is 0.497 e. The molecule has 6 rings (SSSR count). The molecule has 280 valence electrons. The van der Waals surface area contributed by atoms with Crippen molar-refractivity contribution in [3.63, 3.8) is 0 Å². The van der Waals surface area contributed by atoms with Crippen molar-refractivity contribution in [2.75, 3.05) is 68.3 Å². The first kappa shape index (κ1) is 36.6. The van der Waals surface area contributed by atoms with E-state index in [1.807, 2.05) is 48.5 Å². The van der Waals surface area contributed by atoms with Crippen LogP contribution in [-0.4, -0.2) is 74.6 Å². The van der Waals surface area contributed by atoms with Gasteiger partial charge in [0, 0.05) is 29.7 Å². The van der Waals surface area contributed by atoms with Crippen LogP contribution in [0.3, 0.4) is 0 Å². The summed E-state index contributed by atoms with van der Waals surface area (Å²) in [6.45, 7) is 0.673. The van der Waals surface area contributed by atoms with Crippen LogP contribution in [0.15, 0.2) is 65.8 Å². The number of amides is 1. The number of rotatable bonds is 16. The fourth-order valence-electron chi connectivity index (χ4n) is 6.13. The minimum atomic E-state index is -0.451. The van der Waals surface area contributed by atoms with Crippen molar-refractivity contribution in [3.8, 4) is 51.7 Å². The first-order valence-corrected chi connectivity index (χ1v) is 16.8. The topological polar surface area (TPSA) is 146 Å². The Morgan fingerprint density at radius 1 is 0.642 bits per heavy atom. The average Bonchev–Trinajstić information content (AvgIpc) is 3.70. The Morgan fingerprint density at radius 2 is 1.28 bits per heavy atom. The smallest absolute Gasteiger partial charge is 0.255 e. The van der Waals surface area contributed by atoms with Crippen molar-refractivity contribution in [3.05, 3.63) is 82.9 Å². The molecule has 1 amide bonds. The fourth-order valence-corrected chi connectivity index (χ4v) is 6.13. The van der Waals surface area contributed by atoms with Gasteiger partial charge in [0.15, 0.2) is 40.6 Å². The Morgan fingerprint density at radius 3 is 1.92 bits per heavy atom. The highest BCUT2D eigenvalue weighted by Gasteiger charge is 2.29. The molecule has 2 aliphatic heterocycles. The number of fused-ring (bicyclic) bond motifs is 1. The molecule has 0 fully saturated rings. The van der Waals surface area contributed by atoms with Crippen molar-refractivity contribution >= 4 is 17.3 Å². The van der Waals surface area contributed by atoms with Gasteiger partial charge in [-0.1, -0.05) is 11.2 Å². The molecule has 4 aromatic carbocycles. The maximum Gasteiger partial charge on any atom is 0.255 e. The van der Waals surface area contributed by atoms with E-state index in [1.165, 1.54) is 0 Å². The summed E-state index contributed by atoms with van der Waals surface area (Å²) < 4.78 is 51.0. The van der Waals surface area contributed by atoms with Gasteiger partial charge in [-0.2, -0.15) is 0 Å². The summed E-state index contributed by atoms with van der Waals surface area (Å²) in [7, 11) is 11.0. The van der Waals surface area contributed by atoms with Gasteiger partial charge in [-0.3, -0.25) is 4.79 Å². The number of carbonyl (C=O) groups excluding carboxylic acids is 1. The molecule has 0 aromatic heterocycles. The molecule has 0 spiro atoms. The molecule has 2 atom stereocenters. The number of anilines is 1. The van der Waals surface area contributed by atoms with Crippen LogP contribution < -0.4 is 53.3 Å². The zero-order chi connectivity index (χ0) is 37.5. The van der Waals surface area contributed by atoms with Gasteiger partial charge in [0.05, 0.1) is 74.3 Å². The third-order valence-electron chi connectivity index (χ3n) is 8.88. The van der Waals surface area contributed by atoms with Gasteiger partial charge in [0.1, 0.15) is 11.9 Å². The van der Waals surface area contributed by atoms with E-state index in [0.29, 0.717) is 89.1 Å². The number of benzene rings is 4. The van der Waals surface area contributed by atoms with Crippen molar-refractivity contribution in [1.82, 2.24) is 5.32 Å². The highest BCUT2D eigenvalue weighted by molar-refractivity contribution is 6.03. The standard InChI is InChI=1S/C39H43N3O11/c1-44-25-10-11-27-26(20-25)39(43)41-38(40-27)22-9-12-29(31(15-22)45-2)51-13-8-14-52-37-34(48-5)18-24(19-35(37)49-6)30-21-28(42-53-30)23-16-32(46-3)36(50-7)33(17-23)47-4/h9-12,15-20,30,38,40H,8,13-14,21H2,1-7H3,(H,41,43). The Bertz CT molecular complexity index is 1930. The number of hydrogen-bond donors (Lipinski definition) is 2. The second-order valence-electron chi connectivity index (χ2n) is 11.9. The molecule has 0 saturated carbocycles. The van der Waals surface area contributed by atoms with Crippen LogP contribution in [-0.2, 0) is 4.84 Å². The van der Waals surface area contributed by atoms with Gasteiger partial charge in [-0.25, -0.2) is 0 Å². The van der Waals surface area contributed by atoms with Gasteiger partial charge in [-0.05, 0) is 60.2 Å². The molecule has 0 saturated heterocycles. The second kappa shape index (κ2) is 16.4. The lowest BCUT2D eigenvalue weighted by Gasteiger charge is -2.28. The van der Waals surface area contributed by atoms with E-state index < -0.39 is 6.17 Å². The molecule has 2 unspecified atom stereocenters. The lowest BCUT2D eigenvalue weighted by atomic mass is 9.99. The summed E-state index contributed by atoms with van der Waals surface area (Å²) in [6, 6.07) is 18.3. The molecule has 14 nitrogen and oxygen atoms in total. The zero-order valence-corrected chi connectivity index (χ0v) is 30.7. The van der Waals surface area contributed by atoms with Crippen LogP contribution in [0.5, 0.6) is 51.7 Å². The summed E-state index contributed by atoms with van der Waals surface area (Å²) in [5.41, 5.74) is 4.36. The molecule has 53 heavy (non-hydrogen) atoms. The Labute approximate surface area is 307 Å². The van der Waals surface area contributed by atoms with Crippen molar-refractivity contribution < 1.29 is 52.3 Å². The Kier molecular flexibility index (Phi) is 11.4.